The summed E-state index contributed by atoms with van der Waals surface area (Å²) in [6, 6.07) is 0. The van der Waals surface area contributed by atoms with Crippen LogP contribution >= 0.6 is 49.6 Å². The molecule has 0 aromatic carbocycles. The van der Waals surface area contributed by atoms with Gasteiger partial charge in [0.25, 0.3) is 0 Å². The molecule has 40 valence electrons. The van der Waals surface area contributed by atoms with E-state index in [0.29, 0.717) is 0 Å². The average Bonchev–Trinajstić information content (AvgIpc) is 0. The minimum Gasteiger partial charge on any atom is -0.147 e. The summed E-state index contributed by atoms with van der Waals surface area (Å²) in [4.78, 5) is 0. The first-order valence-corrected chi connectivity index (χ1v) is 0. The maximum Gasteiger partial charge on any atom is 0.316 e. The van der Waals surface area contributed by atoms with Gasteiger partial charge in [-0.2, -0.15) is 0 Å². The summed E-state index contributed by atoms with van der Waals surface area (Å²) in [6.07, 6.45) is 0. The molecule has 0 radical (unpaired) electrons. The fourth-order valence-corrected chi connectivity index (χ4v) is 0. The topological polar surface area (TPSA) is 0 Å². The SMILES string of the molecule is Cl.Cl.Cl.Cl.[MgH2].[Ti]. The summed E-state index contributed by atoms with van der Waals surface area (Å²) < 4.78 is 0. The number of hydrogen-bond acceptors (Lipinski definition) is 0. The Labute approximate surface area is 93.3 Å². The fraction of sp³-hybridized carbons (Fsp3) is 0. The Morgan fingerprint density at radius 1 is 0.500 bits per heavy atom. The summed E-state index contributed by atoms with van der Waals surface area (Å²) in [5.74, 6) is 0. The zero-order valence-corrected chi connectivity index (χ0v) is 6.96. The van der Waals surface area contributed by atoms with E-state index in [1.165, 1.54) is 0 Å². The van der Waals surface area contributed by atoms with Crippen molar-refractivity contribution in [2.45, 2.75) is 0 Å². The van der Waals surface area contributed by atoms with Crippen LogP contribution in [0.1, 0.15) is 0 Å². The molecule has 0 aromatic rings. The van der Waals surface area contributed by atoms with Gasteiger partial charge in [-0.1, -0.05) is 0 Å². The summed E-state index contributed by atoms with van der Waals surface area (Å²) in [7, 11) is 0. The molecule has 0 spiro atoms. The first-order valence-electron chi connectivity index (χ1n) is 0. The molecule has 0 aliphatic rings. The largest absolute Gasteiger partial charge is 0.316 e. The van der Waals surface area contributed by atoms with Gasteiger partial charge >= 0.3 is 23.1 Å². The second kappa shape index (κ2) is 48.3. The Morgan fingerprint density at radius 2 is 0.500 bits per heavy atom. The van der Waals surface area contributed by atoms with Gasteiger partial charge in [-0.15, -0.1) is 49.6 Å². The Balaban J connectivity index is 0. The van der Waals surface area contributed by atoms with Gasteiger partial charge in [0.15, 0.2) is 0 Å². The molecule has 0 nitrogen and oxygen atoms in total. The molecule has 6 heavy (non-hydrogen) atoms. The van der Waals surface area contributed by atoms with Crippen molar-refractivity contribution in [1.82, 2.24) is 0 Å². The molecule has 0 fully saturated rings. The average molecular weight is 220 g/mol. The van der Waals surface area contributed by atoms with E-state index in [0.717, 1.165) is 0 Å². The molecule has 0 N–H and O–H groups in total. The maximum absolute atomic E-state index is 0. The van der Waals surface area contributed by atoms with Gasteiger partial charge in [0.1, 0.15) is 0 Å². The second-order valence-corrected chi connectivity index (χ2v) is 0. The van der Waals surface area contributed by atoms with Crippen LogP contribution in [0.3, 0.4) is 0 Å². The monoisotopic (exact) mass is 218 g/mol. The van der Waals surface area contributed by atoms with E-state index in [4.69, 9.17) is 0 Å². The summed E-state index contributed by atoms with van der Waals surface area (Å²) in [6.45, 7) is 0. The van der Waals surface area contributed by atoms with Crippen molar-refractivity contribution in [2.75, 3.05) is 0 Å². The van der Waals surface area contributed by atoms with Crippen molar-refractivity contribution in [3.05, 3.63) is 0 Å². The Bertz CT molecular complexity index is 7.51. The molecule has 0 aliphatic carbocycles. The first-order chi connectivity index (χ1) is 0. The normalized spacial score (nSPS) is 0. The molecule has 0 unspecified atom stereocenters. The zero-order chi connectivity index (χ0) is 0. The third kappa shape index (κ3) is 30.3. The van der Waals surface area contributed by atoms with Crippen molar-refractivity contribution >= 4 is 72.7 Å². The van der Waals surface area contributed by atoms with Crippen molar-refractivity contribution in [1.29, 1.82) is 0 Å². The summed E-state index contributed by atoms with van der Waals surface area (Å²) in [5, 5.41) is 0. The van der Waals surface area contributed by atoms with Gasteiger partial charge < -0.3 is 0 Å². The Kier molecular flexibility index (Phi) is 583. The van der Waals surface area contributed by atoms with Crippen LogP contribution in [0, 0.1) is 0 Å². The van der Waals surface area contributed by atoms with E-state index >= 15 is 0 Å². The molecule has 0 aliphatic heterocycles. The van der Waals surface area contributed by atoms with Gasteiger partial charge in [0.05, 0.1) is 0 Å². The van der Waals surface area contributed by atoms with Crippen molar-refractivity contribution in [2.24, 2.45) is 0 Å². The van der Waals surface area contributed by atoms with E-state index in [2.05, 4.69) is 0 Å². The van der Waals surface area contributed by atoms with E-state index in [9.17, 15) is 0 Å². The van der Waals surface area contributed by atoms with Gasteiger partial charge in [0.2, 0.25) is 0 Å². The van der Waals surface area contributed by atoms with Crippen molar-refractivity contribution in [3.8, 4) is 0 Å². The van der Waals surface area contributed by atoms with Crippen LogP contribution in [0.2, 0.25) is 0 Å². The van der Waals surface area contributed by atoms with Crippen molar-refractivity contribution < 1.29 is 21.7 Å². The predicted molar refractivity (Wildman–Crippen MR) is 37.5 cm³/mol. The molecule has 0 rings (SSSR count). The number of halogens is 4. The minimum absolute atomic E-state index is 0. The molecule has 6 heteroatoms. The summed E-state index contributed by atoms with van der Waals surface area (Å²) in [5.41, 5.74) is 0. The second-order valence-electron chi connectivity index (χ2n) is 0. The Morgan fingerprint density at radius 3 is 0.500 bits per heavy atom. The molecule has 0 amide bonds. The molecular weight excluding hydrogens is 214 g/mol. The molecule has 0 saturated heterocycles. The zero-order valence-electron chi connectivity index (χ0n) is 2.13. The smallest absolute Gasteiger partial charge is 0.147 e. The van der Waals surface area contributed by atoms with Gasteiger partial charge in [-0.05, 0) is 0 Å². The standard InChI is InChI=1S/4ClH.Mg.Ti.2H/h4*1H;;;;. The maximum atomic E-state index is 0. The van der Waals surface area contributed by atoms with Crippen LogP contribution < -0.4 is 0 Å². The number of rotatable bonds is 0. The van der Waals surface area contributed by atoms with Crippen LogP contribution in [-0.4, -0.2) is 23.1 Å². The third-order valence-electron chi connectivity index (χ3n) is 0. The van der Waals surface area contributed by atoms with E-state index in [-0.39, 0.29) is 94.4 Å². The van der Waals surface area contributed by atoms with Crippen LogP contribution in [-0.2, 0) is 21.7 Å². The van der Waals surface area contributed by atoms with E-state index in [1.54, 1.807) is 0 Å². The first kappa shape index (κ1) is 72.3. The molecule has 0 heterocycles. The predicted octanol–water partition coefficient (Wildman–Crippen LogP) is 0.768. The number of hydrogen-bond donors (Lipinski definition) is 0. The van der Waals surface area contributed by atoms with Crippen LogP contribution in [0.4, 0.5) is 0 Å². The minimum atomic E-state index is 0. The molecule has 0 bridgehead atoms. The van der Waals surface area contributed by atoms with Gasteiger partial charge in [0, 0.05) is 21.7 Å². The van der Waals surface area contributed by atoms with Crippen LogP contribution in [0.5, 0.6) is 0 Å². The van der Waals surface area contributed by atoms with Crippen molar-refractivity contribution in [3.63, 3.8) is 0 Å². The third-order valence-corrected chi connectivity index (χ3v) is 0. The van der Waals surface area contributed by atoms with E-state index in [1.807, 2.05) is 0 Å². The van der Waals surface area contributed by atoms with E-state index < -0.39 is 0 Å². The van der Waals surface area contributed by atoms with Gasteiger partial charge in [-0.3, -0.25) is 0 Å². The molecule has 0 saturated carbocycles. The van der Waals surface area contributed by atoms with Gasteiger partial charge in [-0.25, -0.2) is 0 Å². The Hall–Kier alpha value is 2.64. The summed E-state index contributed by atoms with van der Waals surface area (Å²) >= 11 is 0. The van der Waals surface area contributed by atoms with Crippen LogP contribution in [0.15, 0.2) is 0 Å². The van der Waals surface area contributed by atoms with Crippen LogP contribution in [0.25, 0.3) is 0 Å². The fourth-order valence-electron chi connectivity index (χ4n) is 0. The quantitative estimate of drug-likeness (QED) is 0.529. The molecular formula is H6Cl4MgTi. The molecule has 0 aromatic heterocycles. The molecule has 0 atom stereocenters.